The van der Waals surface area contributed by atoms with E-state index in [1.54, 1.807) is 19.2 Å². The molecule has 0 unspecified atom stereocenters. The SMILES string of the molecule is CCCCn1c(O)c(N=NC(=O)c2cc(-c3ccccc3)nc3ccc(OC)cc23)c2ccccc21. The van der Waals surface area contributed by atoms with Crippen LogP contribution in [0.15, 0.2) is 89.1 Å². The van der Waals surface area contributed by atoms with E-state index in [1.807, 2.05) is 71.3 Å². The molecule has 0 atom stereocenters. The van der Waals surface area contributed by atoms with E-state index in [1.165, 1.54) is 0 Å². The molecule has 0 saturated carbocycles. The molecule has 0 aliphatic heterocycles. The molecule has 1 N–H and O–H groups in total. The number of aromatic hydroxyl groups is 1. The monoisotopic (exact) mass is 478 g/mol. The van der Waals surface area contributed by atoms with Gasteiger partial charge in [-0.2, -0.15) is 0 Å². The highest BCUT2D eigenvalue weighted by Crippen LogP contribution is 2.39. The molecule has 7 heteroatoms. The van der Waals surface area contributed by atoms with Crippen LogP contribution < -0.4 is 4.74 Å². The summed E-state index contributed by atoms with van der Waals surface area (Å²) >= 11 is 0. The first-order chi connectivity index (χ1) is 17.6. The zero-order valence-corrected chi connectivity index (χ0v) is 20.2. The van der Waals surface area contributed by atoms with Gasteiger partial charge in [-0.25, -0.2) is 4.98 Å². The quantitative estimate of drug-likeness (QED) is 0.249. The van der Waals surface area contributed by atoms with E-state index in [0.717, 1.165) is 29.3 Å². The van der Waals surface area contributed by atoms with Crippen molar-refractivity contribution in [1.82, 2.24) is 9.55 Å². The molecule has 1 amide bonds. The Morgan fingerprint density at radius 1 is 1.00 bits per heavy atom. The molecule has 0 saturated heterocycles. The zero-order chi connectivity index (χ0) is 25.1. The molecule has 2 aromatic heterocycles. The van der Waals surface area contributed by atoms with E-state index in [9.17, 15) is 9.90 Å². The fourth-order valence-electron chi connectivity index (χ4n) is 4.33. The molecule has 0 aliphatic carbocycles. The summed E-state index contributed by atoms with van der Waals surface area (Å²) in [5, 5.41) is 20.6. The van der Waals surface area contributed by atoms with E-state index < -0.39 is 5.91 Å². The van der Waals surface area contributed by atoms with Crippen LogP contribution in [-0.4, -0.2) is 27.7 Å². The third kappa shape index (κ3) is 4.31. The molecule has 0 bridgehead atoms. The number of azo groups is 1. The van der Waals surface area contributed by atoms with Crippen LogP contribution in [0, 0.1) is 0 Å². The van der Waals surface area contributed by atoms with Gasteiger partial charge in [0.25, 0.3) is 5.91 Å². The molecule has 180 valence electrons. The molecule has 0 radical (unpaired) electrons. The number of aromatic nitrogens is 2. The molecule has 0 spiro atoms. The minimum absolute atomic E-state index is 0.00688. The highest BCUT2D eigenvalue weighted by Gasteiger charge is 2.18. The lowest BCUT2D eigenvalue weighted by molar-refractivity contribution is 0.0996. The van der Waals surface area contributed by atoms with Gasteiger partial charge in [0.2, 0.25) is 5.88 Å². The van der Waals surface area contributed by atoms with Crippen molar-refractivity contribution in [3.05, 3.63) is 84.4 Å². The Hall–Kier alpha value is -4.52. The molecular weight excluding hydrogens is 452 g/mol. The van der Waals surface area contributed by atoms with Gasteiger partial charge in [-0.05, 0) is 36.8 Å². The number of rotatable bonds is 7. The Kier molecular flexibility index (Phi) is 6.45. The summed E-state index contributed by atoms with van der Waals surface area (Å²) in [4.78, 5) is 18.2. The Labute approximate surface area is 208 Å². The fourth-order valence-corrected chi connectivity index (χ4v) is 4.33. The number of hydrogen-bond acceptors (Lipinski definition) is 5. The van der Waals surface area contributed by atoms with Gasteiger partial charge in [0, 0.05) is 22.9 Å². The lowest BCUT2D eigenvalue weighted by atomic mass is 10.0. The van der Waals surface area contributed by atoms with E-state index in [4.69, 9.17) is 9.72 Å². The van der Waals surface area contributed by atoms with Crippen molar-refractivity contribution in [3.8, 4) is 22.9 Å². The van der Waals surface area contributed by atoms with Crippen molar-refractivity contribution >= 4 is 33.4 Å². The van der Waals surface area contributed by atoms with Gasteiger partial charge >= 0.3 is 0 Å². The molecule has 7 nitrogen and oxygen atoms in total. The van der Waals surface area contributed by atoms with Crippen LogP contribution in [-0.2, 0) is 6.54 Å². The van der Waals surface area contributed by atoms with Gasteiger partial charge in [0.1, 0.15) is 5.75 Å². The van der Waals surface area contributed by atoms with Gasteiger partial charge in [0.05, 0.1) is 29.4 Å². The van der Waals surface area contributed by atoms with Crippen LogP contribution >= 0.6 is 0 Å². The van der Waals surface area contributed by atoms with Gasteiger partial charge in [-0.1, -0.05) is 61.9 Å². The van der Waals surface area contributed by atoms with E-state index >= 15 is 0 Å². The molecule has 0 fully saturated rings. The topological polar surface area (TPSA) is 89.1 Å². The first kappa shape index (κ1) is 23.2. The third-order valence-corrected chi connectivity index (χ3v) is 6.21. The number of unbranched alkanes of at least 4 members (excludes halogenated alkanes) is 1. The lowest BCUT2D eigenvalue weighted by Crippen LogP contribution is -1.99. The number of carbonyl (C=O) groups is 1. The van der Waals surface area contributed by atoms with Crippen molar-refractivity contribution in [1.29, 1.82) is 0 Å². The maximum absolute atomic E-state index is 13.4. The normalized spacial score (nSPS) is 11.5. The smallest absolute Gasteiger partial charge is 0.296 e. The summed E-state index contributed by atoms with van der Waals surface area (Å²) in [6.07, 6.45) is 1.90. The standard InChI is InChI=1S/C29H26N4O3/c1-3-4-16-33-26-13-9-8-12-21(26)27(29(33)35)31-32-28(34)23-18-25(19-10-6-5-7-11-19)30-24-15-14-20(36-2)17-22(23)24/h5-15,17-18,35H,3-4,16H2,1-2H3. The highest BCUT2D eigenvalue weighted by molar-refractivity contribution is 6.08. The summed E-state index contributed by atoms with van der Waals surface area (Å²) < 4.78 is 7.19. The fraction of sp³-hybridized carbons (Fsp3) is 0.172. The van der Waals surface area contributed by atoms with E-state index in [0.29, 0.717) is 34.5 Å². The first-order valence-corrected chi connectivity index (χ1v) is 11.9. The number of hydrogen-bond donors (Lipinski definition) is 1. The number of amides is 1. The van der Waals surface area contributed by atoms with Gasteiger partial charge in [-0.15, -0.1) is 10.2 Å². The summed E-state index contributed by atoms with van der Waals surface area (Å²) in [6, 6.07) is 24.4. The minimum Gasteiger partial charge on any atom is -0.497 e. The molecule has 3 aromatic carbocycles. The molecule has 5 aromatic rings. The maximum atomic E-state index is 13.4. The number of fused-ring (bicyclic) bond motifs is 2. The second-order valence-electron chi connectivity index (χ2n) is 8.50. The Morgan fingerprint density at radius 2 is 1.78 bits per heavy atom. The number of para-hydroxylation sites is 1. The number of aryl methyl sites for hydroxylation is 1. The minimum atomic E-state index is -0.530. The molecule has 36 heavy (non-hydrogen) atoms. The van der Waals surface area contributed by atoms with Gasteiger partial charge in [-0.3, -0.25) is 4.79 Å². The second-order valence-corrected chi connectivity index (χ2v) is 8.50. The van der Waals surface area contributed by atoms with E-state index in [2.05, 4.69) is 17.2 Å². The average Bonchev–Trinajstić information content (AvgIpc) is 3.20. The Balaban J connectivity index is 1.61. The summed E-state index contributed by atoms with van der Waals surface area (Å²) in [6.45, 7) is 2.75. The Morgan fingerprint density at radius 3 is 2.56 bits per heavy atom. The van der Waals surface area contributed by atoms with Crippen LogP contribution in [0.4, 0.5) is 5.69 Å². The van der Waals surface area contributed by atoms with Crippen LogP contribution in [0.5, 0.6) is 11.6 Å². The predicted octanol–water partition coefficient (Wildman–Crippen LogP) is 7.29. The summed E-state index contributed by atoms with van der Waals surface area (Å²) in [5.41, 5.74) is 3.69. The third-order valence-electron chi connectivity index (χ3n) is 6.21. The lowest BCUT2D eigenvalue weighted by Gasteiger charge is -2.09. The summed E-state index contributed by atoms with van der Waals surface area (Å²) in [7, 11) is 1.57. The first-order valence-electron chi connectivity index (χ1n) is 11.9. The Bertz CT molecular complexity index is 1590. The van der Waals surface area contributed by atoms with Crippen molar-refractivity contribution in [2.75, 3.05) is 7.11 Å². The maximum Gasteiger partial charge on any atom is 0.296 e. The zero-order valence-electron chi connectivity index (χ0n) is 20.2. The number of ether oxygens (including phenoxy) is 1. The number of benzene rings is 3. The summed E-state index contributed by atoms with van der Waals surface area (Å²) in [5.74, 6) is 0.0874. The number of carbonyl (C=O) groups excluding carboxylic acids is 1. The number of nitrogens with zero attached hydrogens (tertiary/aromatic N) is 4. The van der Waals surface area contributed by atoms with Crippen LogP contribution in [0.1, 0.15) is 30.1 Å². The second kappa shape index (κ2) is 10.00. The molecule has 2 heterocycles. The molecule has 0 aliphatic rings. The largest absolute Gasteiger partial charge is 0.497 e. The van der Waals surface area contributed by atoms with E-state index in [-0.39, 0.29) is 11.6 Å². The number of pyridine rings is 1. The van der Waals surface area contributed by atoms with Crippen molar-refractivity contribution in [3.63, 3.8) is 0 Å². The highest BCUT2D eigenvalue weighted by atomic mass is 16.5. The molecule has 5 rings (SSSR count). The van der Waals surface area contributed by atoms with Crippen LogP contribution in [0.25, 0.3) is 33.1 Å². The predicted molar refractivity (Wildman–Crippen MR) is 141 cm³/mol. The van der Waals surface area contributed by atoms with Crippen molar-refractivity contribution < 1.29 is 14.6 Å². The molecular formula is C29H26N4O3. The van der Waals surface area contributed by atoms with Gasteiger partial charge < -0.3 is 14.4 Å². The van der Waals surface area contributed by atoms with Crippen LogP contribution in [0.2, 0.25) is 0 Å². The van der Waals surface area contributed by atoms with Gasteiger partial charge in [0.15, 0.2) is 5.69 Å². The number of methoxy groups -OCH3 is 1. The van der Waals surface area contributed by atoms with Crippen LogP contribution in [0.3, 0.4) is 0 Å². The van der Waals surface area contributed by atoms with Crippen molar-refractivity contribution in [2.24, 2.45) is 10.2 Å². The van der Waals surface area contributed by atoms with Crippen molar-refractivity contribution in [2.45, 2.75) is 26.3 Å². The average molecular weight is 479 g/mol.